The molecule has 0 saturated carbocycles. The van der Waals surface area contributed by atoms with E-state index in [0.717, 1.165) is 24.6 Å². The van der Waals surface area contributed by atoms with Gasteiger partial charge in [-0.15, -0.1) is 11.3 Å². The zero-order chi connectivity index (χ0) is 9.52. The molecule has 0 radical (unpaired) electrons. The zero-order valence-electron chi connectivity index (χ0n) is 8.12. The number of aromatic nitrogens is 1. The minimum atomic E-state index is 0.490. The predicted octanol–water partition coefficient (Wildman–Crippen LogP) is 1.66. The fourth-order valence-corrected chi connectivity index (χ4v) is 1.57. The standard InChI is InChI=1S/C9H16N2OS/c1-8(3-5-12-2)11-7-9-10-4-6-13-9/h4,6,8,11H,3,5,7H2,1-2H3. The molecule has 0 saturated heterocycles. The smallest absolute Gasteiger partial charge is 0.106 e. The summed E-state index contributed by atoms with van der Waals surface area (Å²) in [6.45, 7) is 3.83. The van der Waals surface area contributed by atoms with Gasteiger partial charge in [0.15, 0.2) is 0 Å². The van der Waals surface area contributed by atoms with Crippen molar-refractivity contribution in [3.8, 4) is 0 Å². The summed E-state index contributed by atoms with van der Waals surface area (Å²) in [5.74, 6) is 0. The molecule has 3 nitrogen and oxygen atoms in total. The Balaban J connectivity index is 2.11. The monoisotopic (exact) mass is 200 g/mol. The number of hydrogen-bond acceptors (Lipinski definition) is 4. The Morgan fingerprint density at radius 2 is 2.54 bits per heavy atom. The lowest BCUT2D eigenvalue weighted by molar-refractivity contribution is 0.184. The van der Waals surface area contributed by atoms with Crippen molar-refractivity contribution in [1.29, 1.82) is 0 Å². The van der Waals surface area contributed by atoms with E-state index in [1.165, 1.54) is 0 Å². The van der Waals surface area contributed by atoms with Gasteiger partial charge in [-0.2, -0.15) is 0 Å². The van der Waals surface area contributed by atoms with E-state index in [4.69, 9.17) is 4.74 Å². The summed E-state index contributed by atoms with van der Waals surface area (Å²) >= 11 is 1.68. The third-order valence-corrected chi connectivity index (χ3v) is 2.62. The van der Waals surface area contributed by atoms with Gasteiger partial charge in [0.1, 0.15) is 5.01 Å². The lowest BCUT2D eigenvalue weighted by Gasteiger charge is -2.11. The van der Waals surface area contributed by atoms with Gasteiger partial charge < -0.3 is 10.1 Å². The number of ether oxygens (including phenoxy) is 1. The summed E-state index contributed by atoms with van der Waals surface area (Å²) in [5, 5.41) is 6.53. The lowest BCUT2D eigenvalue weighted by Crippen LogP contribution is -2.26. The lowest BCUT2D eigenvalue weighted by atomic mass is 10.2. The van der Waals surface area contributed by atoms with Crippen LogP contribution in [0, 0.1) is 0 Å². The normalized spacial score (nSPS) is 13.1. The van der Waals surface area contributed by atoms with Crippen LogP contribution in [0.4, 0.5) is 0 Å². The van der Waals surface area contributed by atoms with E-state index in [2.05, 4.69) is 17.2 Å². The molecule has 74 valence electrons. The fourth-order valence-electron chi connectivity index (χ4n) is 0.999. The van der Waals surface area contributed by atoms with Crippen molar-refractivity contribution < 1.29 is 4.74 Å². The SMILES string of the molecule is COCCC(C)NCc1nccs1. The van der Waals surface area contributed by atoms with E-state index >= 15 is 0 Å². The summed E-state index contributed by atoms with van der Waals surface area (Å²) < 4.78 is 5.00. The topological polar surface area (TPSA) is 34.1 Å². The summed E-state index contributed by atoms with van der Waals surface area (Å²) in [7, 11) is 1.73. The van der Waals surface area contributed by atoms with E-state index in [0.29, 0.717) is 6.04 Å². The molecule has 1 aromatic rings. The molecule has 1 unspecified atom stereocenters. The number of methoxy groups -OCH3 is 1. The first kappa shape index (κ1) is 10.6. The van der Waals surface area contributed by atoms with Crippen molar-refractivity contribution in [2.24, 2.45) is 0 Å². The molecule has 0 spiro atoms. The fraction of sp³-hybridized carbons (Fsp3) is 0.667. The molecule has 1 heterocycles. The zero-order valence-corrected chi connectivity index (χ0v) is 8.93. The Labute approximate surface area is 83.1 Å². The van der Waals surface area contributed by atoms with Crippen molar-refractivity contribution in [2.45, 2.75) is 25.9 Å². The average Bonchev–Trinajstić information content (AvgIpc) is 2.64. The van der Waals surface area contributed by atoms with E-state index < -0.39 is 0 Å². The number of nitrogens with one attached hydrogen (secondary N) is 1. The molecule has 1 N–H and O–H groups in total. The van der Waals surface area contributed by atoms with Gasteiger partial charge in [-0.3, -0.25) is 0 Å². The Kier molecular flexibility index (Phi) is 4.97. The highest BCUT2D eigenvalue weighted by molar-refractivity contribution is 7.09. The third-order valence-electron chi connectivity index (χ3n) is 1.84. The van der Waals surface area contributed by atoms with Crippen molar-refractivity contribution in [2.75, 3.05) is 13.7 Å². The molecule has 0 bridgehead atoms. The van der Waals surface area contributed by atoms with Crippen LogP contribution in [0.3, 0.4) is 0 Å². The number of thiazole rings is 1. The van der Waals surface area contributed by atoms with Crippen molar-refractivity contribution >= 4 is 11.3 Å². The molecule has 0 aliphatic carbocycles. The van der Waals surface area contributed by atoms with Crippen LogP contribution in [0.25, 0.3) is 0 Å². The van der Waals surface area contributed by atoms with E-state index in [1.54, 1.807) is 18.4 Å². The summed E-state index contributed by atoms with van der Waals surface area (Å²) in [6, 6.07) is 0.490. The van der Waals surface area contributed by atoms with Gasteiger partial charge in [0.2, 0.25) is 0 Å². The highest BCUT2D eigenvalue weighted by Gasteiger charge is 2.01. The van der Waals surface area contributed by atoms with Crippen molar-refractivity contribution in [3.05, 3.63) is 16.6 Å². The molecule has 0 aliphatic heterocycles. The summed E-state index contributed by atoms with van der Waals surface area (Å²) in [5.41, 5.74) is 0. The number of rotatable bonds is 6. The van der Waals surface area contributed by atoms with Crippen molar-refractivity contribution in [1.82, 2.24) is 10.3 Å². The van der Waals surface area contributed by atoms with Crippen LogP contribution in [-0.2, 0) is 11.3 Å². The average molecular weight is 200 g/mol. The van der Waals surface area contributed by atoms with Gasteiger partial charge in [-0.05, 0) is 13.3 Å². The second-order valence-electron chi connectivity index (χ2n) is 2.99. The number of nitrogens with zero attached hydrogens (tertiary/aromatic N) is 1. The van der Waals surface area contributed by atoms with Gasteiger partial charge in [0.05, 0.1) is 0 Å². The van der Waals surface area contributed by atoms with Gasteiger partial charge in [0.25, 0.3) is 0 Å². The first-order chi connectivity index (χ1) is 6.33. The van der Waals surface area contributed by atoms with Gasteiger partial charge in [0, 0.05) is 37.9 Å². The molecule has 0 amide bonds. The van der Waals surface area contributed by atoms with Crippen LogP contribution < -0.4 is 5.32 Å². The molecule has 0 aromatic carbocycles. The second-order valence-corrected chi connectivity index (χ2v) is 3.97. The van der Waals surface area contributed by atoms with Gasteiger partial charge in [-0.1, -0.05) is 0 Å². The molecule has 0 aliphatic rings. The molecule has 13 heavy (non-hydrogen) atoms. The Morgan fingerprint density at radius 3 is 3.15 bits per heavy atom. The maximum Gasteiger partial charge on any atom is 0.106 e. The Bertz CT molecular complexity index is 213. The predicted molar refractivity (Wildman–Crippen MR) is 54.9 cm³/mol. The van der Waals surface area contributed by atoms with Crippen molar-refractivity contribution in [3.63, 3.8) is 0 Å². The van der Waals surface area contributed by atoms with E-state index in [9.17, 15) is 0 Å². The Morgan fingerprint density at radius 1 is 1.69 bits per heavy atom. The van der Waals surface area contributed by atoms with Crippen LogP contribution in [0.1, 0.15) is 18.4 Å². The third kappa shape index (κ3) is 4.36. The highest BCUT2D eigenvalue weighted by Crippen LogP contribution is 2.03. The molecule has 1 rings (SSSR count). The molecule has 1 atom stereocenters. The van der Waals surface area contributed by atoms with Crippen LogP contribution in [0.2, 0.25) is 0 Å². The second kappa shape index (κ2) is 6.07. The molecule has 4 heteroatoms. The van der Waals surface area contributed by atoms with Gasteiger partial charge in [-0.25, -0.2) is 4.98 Å². The molecular formula is C9H16N2OS. The van der Waals surface area contributed by atoms with Crippen LogP contribution in [-0.4, -0.2) is 24.7 Å². The summed E-state index contributed by atoms with van der Waals surface area (Å²) in [4.78, 5) is 4.19. The first-order valence-corrected chi connectivity index (χ1v) is 5.31. The maximum atomic E-state index is 5.00. The minimum Gasteiger partial charge on any atom is -0.385 e. The van der Waals surface area contributed by atoms with E-state index in [-0.39, 0.29) is 0 Å². The van der Waals surface area contributed by atoms with Crippen LogP contribution >= 0.6 is 11.3 Å². The summed E-state index contributed by atoms with van der Waals surface area (Å²) in [6.07, 6.45) is 2.88. The molecule has 1 aromatic heterocycles. The highest BCUT2D eigenvalue weighted by atomic mass is 32.1. The minimum absolute atomic E-state index is 0.490. The maximum absolute atomic E-state index is 5.00. The molecular weight excluding hydrogens is 184 g/mol. The Hall–Kier alpha value is -0.450. The van der Waals surface area contributed by atoms with Gasteiger partial charge >= 0.3 is 0 Å². The quantitative estimate of drug-likeness (QED) is 0.758. The largest absolute Gasteiger partial charge is 0.385 e. The number of hydrogen-bond donors (Lipinski definition) is 1. The van der Waals surface area contributed by atoms with E-state index in [1.807, 2.05) is 11.6 Å². The van der Waals surface area contributed by atoms with Crippen LogP contribution in [0.5, 0.6) is 0 Å². The first-order valence-electron chi connectivity index (χ1n) is 4.43. The van der Waals surface area contributed by atoms with Crippen LogP contribution in [0.15, 0.2) is 11.6 Å². The molecule has 0 fully saturated rings.